The minimum Gasteiger partial charge on any atom is -0.456 e. The first-order valence-corrected chi connectivity index (χ1v) is 15.5. The van der Waals surface area contributed by atoms with Gasteiger partial charge >= 0.3 is 12.0 Å². The Hall–Kier alpha value is -3.92. The van der Waals surface area contributed by atoms with E-state index in [-0.39, 0.29) is 19.2 Å². The van der Waals surface area contributed by atoms with E-state index in [9.17, 15) is 9.59 Å². The smallest absolute Gasteiger partial charge is 0.329 e. The zero-order chi connectivity index (χ0) is 30.6. The van der Waals surface area contributed by atoms with E-state index >= 15 is 0 Å². The number of urea groups is 1. The van der Waals surface area contributed by atoms with Crippen molar-refractivity contribution in [1.29, 1.82) is 0 Å². The van der Waals surface area contributed by atoms with Gasteiger partial charge in [-0.2, -0.15) is 0 Å². The van der Waals surface area contributed by atoms with E-state index in [1.807, 2.05) is 84.9 Å². The highest BCUT2D eigenvalue weighted by atomic mass is 16.6. The molecule has 0 spiro atoms. The lowest BCUT2D eigenvalue weighted by Gasteiger charge is -2.37. The van der Waals surface area contributed by atoms with Gasteiger partial charge in [-0.05, 0) is 54.7 Å². The van der Waals surface area contributed by atoms with Crippen molar-refractivity contribution in [1.82, 2.24) is 4.90 Å². The number of hydrogen-bond donors (Lipinski definition) is 0. The molecule has 5 rings (SSSR count). The Kier molecular flexibility index (Phi) is 11.6. The summed E-state index contributed by atoms with van der Waals surface area (Å²) in [4.78, 5) is 32.8. The van der Waals surface area contributed by atoms with Crippen LogP contribution in [0.5, 0.6) is 0 Å². The maximum Gasteiger partial charge on any atom is 0.329 e. The second-order valence-electron chi connectivity index (χ2n) is 11.2. The van der Waals surface area contributed by atoms with Crippen LogP contribution in [-0.4, -0.2) is 82.2 Å². The number of anilines is 2. The Balaban J connectivity index is 1.20. The van der Waals surface area contributed by atoms with Gasteiger partial charge in [-0.3, -0.25) is 4.90 Å². The molecule has 0 aromatic heterocycles. The zero-order valence-corrected chi connectivity index (χ0v) is 25.5. The number of nitrogens with zero attached hydrogens (tertiary/aromatic N) is 3. The molecule has 0 aliphatic carbocycles. The highest BCUT2D eigenvalue weighted by Gasteiger charge is 2.36. The molecule has 2 saturated heterocycles. The molecule has 1 atom stereocenters. The fraction of sp³-hybridized carbons (Fsp3) is 0.429. The van der Waals surface area contributed by atoms with E-state index < -0.39 is 18.1 Å². The van der Waals surface area contributed by atoms with Crippen molar-refractivity contribution in [2.45, 2.75) is 44.6 Å². The van der Waals surface area contributed by atoms with E-state index in [1.165, 1.54) is 0 Å². The number of benzene rings is 3. The molecular formula is C35H43N3O6. The van der Waals surface area contributed by atoms with E-state index in [0.717, 1.165) is 48.4 Å². The van der Waals surface area contributed by atoms with Crippen molar-refractivity contribution < 1.29 is 28.5 Å². The molecular weight excluding hydrogens is 558 g/mol. The van der Waals surface area contributed by atoms with Crippen molar-refractivity contribution in [2.24, 2.45) is 0 Å². The van der Waals surface area contributed by atoms with Crippen LogP contribution < -0.4 is 9.80 Å². The predicted molar refractivity (Wildman–Crippen MR) is 170 cm³/mol. The van der Waals surface area contributed by atoms with Crippen LogP contribution in [0.4, 0.5) is 16.2 Å². The molecule has 9 heteroatoms. The van der Waals surface area contributed by atoms with Gasteiger partial charge in [0.1, 0.15) is 12.1 Å². The third-order valence-corrected chi connectivity index (χ3v) is 8.03. The van der Waals surface area contributed by atoms with E-state index in [2.05, 4.69) is 4.90 Å². The fourth-order valence-corrected chi connectivity index (χ4v) is 5.54. The molecule has 0 N–H and O–H groups in total. The average molecular weight is 602 g/mol. The predicted octanol–water partition coefficient (Wildman–Crippen LogP) is 5.28. The fourth-order valence-electron chi connectivity index (χ4n) is 5.54. The van der Waals surface area contributed by atoms with Gasteiger partial charge in [0.2, 0.25) is 0 Å². The van der Waals surface area contributed by atoms with Crippen molar-refractivity contribution in [3.8, 4) is 0 Å². The molecule has 3 aromatic carbocycles. The van der Waals surface area contributed by atoms with Gasteiger partial charge in [0, 0.05) is 38.1 Å². The monoisotopic (exact) mass is 601 g/mol. The Bertz CT molecular complexity index is 1260. The first-order valence-electron chi connectivity index (χ1n) is 15.5. The zero-order valence-electron chi connectivity index (χ0n) is 25.5. The van der Waals surface area contributed by atoms with Gasteiger partial charge in [0.05, 0.1) is 39.6 Å². The SMILES string of the molecule is CN(C(=O)N1CCCC[C@H]1C(=O)OC(COCc1ccccc1)COCc1ccccc1)c1ccc(N2CCOCC2)cc1. The molecule has 3 aromatic rings. The van der Waals surface area contributed by atoms with Gasteiger partial charge in [-0.1, -0.05) is 60.7 Å². The topological polar surface area (TPSA) is 80.8 Å². The second-order valence-corrected chi connectivity index (χ2v) is 11.2. The van der Waals surface area contributed by atoms with Crippen LogP contribution in [0.25, 0.3) is 0 Å². The third-order valence-electron chi connectivity index (χ3n) is 8.03. The number of carbonyl (C=O) groups excluding carboxylic acids is 2. The summed E-state index contributed by atoms with van der Waals surface area (Å²) in [6.07, 6.45) is 1.63. The standard InChI is InChI=1S/C35H43N3O6/c1-36(30-15-17-31(18-16-30)37-20-22-41-23-21-37)35(40)38-19-9-8-14-33(38)34(39)44-32(26-42-24-28-10-4-2-5-11-28)27-43-25-29-12-6-3-7-13-29/h2-7,10-13,15-18,32-33H,8-9,14,19-27H2,1H3/t33-/m0/s1. The Morgan fingerprint density at radius 2 is 1.41 bits per heavy atom. The van der Waals surface area contributed by atoms with Gasteiger partial charge in [-0.15, -0.1) is 0 Å². The summed E-state index contributed by atoms with van der Waals surface area (Å²) in [6, 6.07) is 26.8. The molecule has 0 radical (unpaired) electrons. The maximum atomic E-state index is 13.7. The lowest BCUT2D eigenvalue weighted by Crippen LogP contribution is -2.53. The number of esters is 1. The Labute approximate surface area is 260 Å². The Morgan fingerprint density at radius 3 is 2.00 bits per heavy atom. The molecule has 0 saturated carbocycles. The van der Waals surface area contributed by atoms with Crippen molar-refractivity contribution in [2.75, 3.05) is 62.9 Å². The second kappa shape index (κ2) is 16.2. The third kappa shape index (κ3) is 8.81. The van der Waals surface area contributed by atoms with Crippen LogP contribution in [0.3, 0.4) is 0 Å². The molecule has 2 fully saturated rings. The number of hydrogen-bond acceptors (Lipinski definition) is 7. The molecule has 2 aliphatic rings. The van der Waals surface area contributed by atoms with Crippen molar-refractivity contribution in [3.05, 3.63) is 96.1 Å². The molecule has 0 bridgehead atoms. The number of morpholine rings is 1. The van der Waals surface area contributed by atoms with Crippen LogP contribution in [0.1, 0.15) is 30.4 Å². The quantitative estimate of drug-likeness (QED) is 0.262. The molecule has 234 valence electrons. The number of amides is 2. The summed E-state index contributed by atoms with van der Waals surface area (Å²) >= 11 is 0. The minimum absolute atomic E-state index is 0.186. The summed E-state index contributed by atoms with van der Waals surface area (Å²) in [6.45, 7) is 4.79. The molecule has 2 heterocycles. The highest BCUT2D eigenvalue weighted by molar-refractivity contribution is 5.94. The van der Waals surface area contributed by atoms with Crippen LogP contribution in [0.15, 0.2) is 84.9 Å². The molecule has 9 nitrogen and oxygen atoms in total. The van der Waals surface area contributed by atoms with Crippen molar-refractivity contribution in [3.63, 3.8) is 0 Å². The summed E-state index contributed by atoms with van der Waals surface area (Å²) in [5.41, 5.74) is 3.94. The number of rotatable bonds is 12. The summed E-state index contributed by atoms with van der Waals surface area (Å²) in [5.74, 6) is -0.425. The van der Waals surface area contributed by atoms with Gasteiger partial charge in [0.15, 0.2) is 0 Å². The minimum atomic E-state index is -0.669. The highest BCUT2D eigenvalue weighted by Crippen LogP contribution is 2.25. The van der Waals surface area contributed by atoms with Gasteiger partial charge in [0.25, 0.3) is 0 Å². The summed E-state index contributed by atoms with van der Waals surface area (Å²) in [7, 11) is 1.75. The summed E-state index contributed by atoms with van der Waals surface area (Å²) < 4.78 is 23.3. The number of ether oxygens (including phenoxy) is 4. The molecule has 44 heavy (non-hydrogen) atoms. The normalized spacial score (nSPS) is 17.0. The van der Waals surface area contributed by atoms with Crippen LogP contribution in [0, 0.1) is 0 Å². The van der Waals surface area contributed by atoms with E-state index in [1.54, 1.807) is 16.8 Å². The summed E-state index contributed by atoms with van der Waals surface area (Å²) in [5, 5.41) is 0. The van der Waals surface area contributed by atoms with Crippen LogP contribution in [0.2, 0.25) is 0 Å². The van der Waals surface area contributed by atoms with Gasteiger partial charge in [-0.25, -0.2) is 9.59 Å². The van der Waals surface area contributed by atoms with Crippen LogP contribution in [-0.2, 0) is 37.0 Å². The number of carbonyl (C=O) groups is 2. The van der Waals surface area contributed by atoms with Crippen molar-refractivity contribution >= 4 is 23.4 Å². The van der Waals surface area contributed by atoms with E-state index in [4.69, 9.17) is 18.9 Å². The lowest BCUT2D eigenvalue weighted by molar-refractivity contribution is -0.163. The van der Waals surface area contributed by atoms with Gasteiger partial charge < -0.3 is 28.7 Å². The number of piperidine rings is 1. The average Bonchev–Trinajstić information content (AvgIpc) is 3.09. The first kappa shape index (κ1) is 31.5. The number of likely N-dealkylation sites (tertiary alicyclic amines) is 1. The largest absolute Gasteiger partial charge is 0.456 e. The lowest BCUT2D eigenvalue weighted by atomic mass is 10.0. The molecule has 0 unspecified atom stereocenters. The first-order chi connectivity index (χ1) is 21.6. The van der Waals surface area contributed by atoms with E-state index in [0.29, 0.717) is 39.4 Å². The molecule has 2 aliphatic heterocycles. The maximum absolute atomic E-state index is 13.7. The molecule has 2 amide bonds. The Morgan fingerprint density at radius 1 is 0.818 bits per heavy atom. The van der Waals surface area contributed by atoms with Crippen LogP contribution >= 0.6 is 0 Å².